The molecule has 0 bridgehead atoms. The molecule has 2 aromatic heterocycles. The summed E-state index contributed by atoms with van der Waals surface area (Å²) in [5.41, 5.74) is 8.37. The van der Waals surface area contributed by atoms with E-state index in [1.54, 1.807) is 37.4 Å². The Morgan fingerprint density at radius 1 is 0.971 bits per heavy atom. The number of aliphatic carboxylic acids is 1. The van der Waals surface area contributed by atoms with Gasteiger partial charge >= 0.3 is 17.9 Å². The van der Waals surface area contributed by atoms with Crippen LogP contribution in [0.25, 0.3) is 17.0 Å². The van der Waals surface area contributed by atoms with Gasteiger partial charge in [0.25, 0.3) is 0 Å². The molecule has 174 valence electrons. The number of nitrogens with one attached hydrogen (secondary N) is 1. The van der Waals surface area contributed by atoms with E-state index in [2.05, 4.69) is 15.0 Å². The van der Waals surface area contributed by atoms with Gasteiger partial charge in [-0.1, -0.05) is 30.3 Å². The van der Waals surface area contributed by atoms with Gasteiger partial charge < -0.3 is 26.0 Å². The van der Waals surface area contributed by atoms with Gasteiger partial charge in [-0.15, -0.1) is 0 Å². The van der Waals surface area contributed by atoms with Gasteiger partial charge in [0.05, 0.1) is 34.9 Å². The van der Waals surface area contributed by atoms with Gasteiger partial charge in [0.15, 0.2) is 0 Å². The van der Waals surface area contributed by atoms with Crippen LogP contribution in [0.2, 0.25) is 0 Å². The molecule has 0 aliphatic rings. The summed E-state index contributed by atoms with van der Waals surface area (Å²) in [5.74, 6) is -2.88. The summed E-state index contributed by atoms with van der Waals surface area (Å²) in [6.07, 6.45) is 6.88. The largest absolute Gasteiger partial charge is 0.478 e. The molecular weight excluding hydrogens is 440 g/mol. The summed E-state index contributed by atoms with van der Waals surface area (Å²) in [6.45, 7) is 1.72. The van der Waals surface area contributed by atoms with Crippen molar-refractivity contribution in [1.82, 2.24) is 15.0 Å². The molecule has 0 aliphatic heterocycles. The van der Waals surface area contributed by atoms with Crippen molar-refractivity contribution in [2.24, 2.45) is 0 Å². The Labute approximate surface area is 194 Å². The van der Waals surface area contributed by atoms with Crippen LogP contribution in [-0.4, -0.2) is 48.2 Å². The summed E-state index contributed by atoms with van der Waals surface area (Å²) in [4.78, 5) is 41.6. The van der Waals surface area contributed by atoms with E-state index in [-0.39, 0.29) is 11.1 Å². The molecule has 0 aliphatic carbocycles. The molecular formula is C24H22N4O6. The van der Waals surface area contributed by atoms with Crippen molar-refractivity contribution in [3.63, 3.8) is 0 Å². The SMILES string of the molecule is Cc1cccc(N)c1C(=O)O.O=C(O)C=Cc1cnc[nH]1.O=C(O)c1cnc2ccccc2c1. The Morgan fingerprint density at radius 3 is 2.26 bits per heavy atom. The number of pyridine rings is 1. The summed E-state index contributed by atoms with van der Waals surface area (Å²) in [7, 11) is 0. The smallest absolute Gasteiger partial charge is 0.338 e. The molecule has 34 heavy (non-hydrogen) atoms. The fourth-order valence-corrected chi connectivity index (χ4v) is 2.69. The van der Waals surface area contributed by atoms with Crippen LogP contribution in [-0.2, 0) is 4.79 Å². The molecule has 0 spiro atoms. The maximum absolute atomic E-state index is 10.6. The Kier molecular flexibility index (Phi) is 9.03. The number of aromatic nitrogens is 3. The minimum atomic E-state index is -0.972. The van der Waals surface area contributed by atoms with Crippen LogP contribution in [0.3, 0.4) is 0 Å². The van der Waals surface area contributed by atoms with Crippen LogP contribution >= 0.6 is 0 Å². The van der Waals surface area contributed by atoms with E-state index in [0.29, 0.717) is 16.9 Å². The zero-order valence-electron chi connectivity index (χ0n) is 18.0. The molecule has 4 rings (SSSR count). The van der Waals surface area contributed by atoms with Gasteiger partial charge in [0, 0.05) is 23.3 Å². The van der Waals surface area contributed by atoms with Crippen molar-refractivity contribution >= 4 is 40.6 Å². The monoisotopic (exact) mass is 462 g/mol. The fraction of sp³-hybridized carbons (Fsp3) is 0.0417. The Balaban J connectivity index is 0.000000182. The van der Waals surface area contributed by atoms with E-state index in [1.807, 2.05) is 24.3 Å². The lowest BCUT2D eigenvalue weighted by atomic mass is 10.1. The maximum atomic E-state index is 10.6. The molecule has 10 nitrogen and oxygen atoms in total. The highest BCUT2D eigenvalue weighted by Gasteiger charge is 2.09. The van der Waals surface area contributed by atoms with Gasteiger partial charge in [-0.3, -0.25) is 4.98 Å². The highest BCUT2D eigenvalue weighted by molar-refractivity contribution is 5.95. The molecule has 0 radical (unpaired) electrons. The van der Waals surface area contributed by atoms with Crippen molar-refractivity contribution in [3.8, 4) is 0 Å². The zero-order valence-corrected chi connectivity index (χ0v) is 18.0. The number of aromatic carboxylic acids is 2. The highest BCUT2D eigenvalue weighted by Crippen LogP contribution is 2.15. The van der Waals surface area contributed by atoms with E-state index >= 15 is 0 Å². The van der Waals surface area contributed by atoms with Crippen LogP contribution in [0.5, 0.6) is 0 Å². The van der Waals surface area contributed by atoms with Crippen LogP contribution in [0.1, 0.15) is 32.0 Å². The van der Waals surface area contributed by atoms with Crippen molar-refractivity contribution in [3.05, 3.63) is 95.7 Å². The van der Waals surface area contributed by atoms with Crippen molar-refractivity contribution < 1.29 is 29.7 Å². The minimum Gasteiger partial charge on any atom is -0.478 e. The number of nitrogen functional groups attached to an aromatic ring is 1. The molecule has 0 fully saturated rings. The lowest BCUT2D eigenvalue weighted by Crippen LogP contribution is -2.04. The van der Waals surface area contributed by atoms with Gasteiger partial charge in [-0.2, -0.15) is 0 Å². The topological polar surface area (TPSA) is 179 Å². The first kappa shape index (κ1) is 25.3. The molecule has 2 aromatic carbocycles. The number of anilines is 1. The Hall–Kier alpha value is -4.99. The van der Waals surface area contributed by atoms with E-state index in [1.165, 1.54) is 18.6 Å². The molecule has 2 heterocycles. The lowest BCUT2D eigenvalue weighted by Gasteiger charge is -2.02. The number of nitrogens with zero attached hydrogens (tertiary/aromatic N) is 2. The second-order valence-electron chi connectivity index (χ2n) is 6.74. The Morgan fingerprint density at radius 2 is 1.71 bits per heavy atom. The molecule has 0 saturated carbocycles. The number of para-hydroxylation sites is 1. The van der Waals surface area contributed by atoms with Crippen LogP contribution < -0.4 is 5.73 Å². The quantitative estimate of drug-likeness (QED) is 0.223. The summed E-state index contributed by atoms with van der Waals surface area (Å²) in [5, 5.41) is 26.4. The van der Waals surface area contributed by atoms with Crippen LogP contribution in [0, 0.1) is 6.92 Å². The number of hydrogen-bond donors (Lipinski definition) is 5. The first-order valence-electron chi connectivity index (χ1n) is 9.75. The van der Waals surface area contributed by atoms with E-state index in [9.17, 15) is 14.4 Å². The van der Waals surface area contributed by atoms with Crippen LogP contribution in [0.4, 0.5) is 5.69 Å². The second-order valence-corrected chi connectivity index (χ2v) is 6.74. The number of fused-ring (bicyclic) bond motifs is 1. The number of nitrogens with two attached hydrogens (primary N) is 1. The molecule has 6 N–H and O–H groups in total. The minimum absolute atomic E-state index is 0.201. The normalized spacial score (nSPS) is 10.0. The highest BCUT2D eigenvalue weighted by atomic mass is 16.4. The third-order valence-corrected chi connectivity index (χ3v) is 4.28. The van der Waals surface area contributed by atoms with Crippen molar-refractivity contribution in [2.45, 2.75) is 6.92 Å². The standard InChI is InChI=1S/C10H7NO2.C8H9NO2.C6H6N2O2/c12-10(13)8-5-7-3-1-2-4-9(7)11-6-8;1-5-3-2-4-6(9)7(5)8(10)11;9-6(10)2-1-5-3-7-4-8-5/h1-6H,(H,12,13);2-4H,9H2,1H3,(H,10,11);1-4H,(H,7,8)(H,9,10). The van der Waals surface area contributed by atoms with Gasteiger partial charge in [0.2, 0.25) is 0 Å². The van der Waals surface area contributed by atoms with Crippen LogP contribution in [0.15, 0.2) is 73.3 Å². The van der Waals surface area contributed by atoms with Crippen molar-refractivity contribution in [2.75, 3.05) is 5.73 Å². The lowest BCUT2D eigenvalue weighted by molar-refractivity contribution is -0.131. The molecule has 0 atom stereocenters. The molecule has 0 unspecified atom stereocenters. The molecule has 4 aromatic rings. The first-order chi connectivity index (χ1) is 16.2. The predicted octanol–water partition coefficient (Wildman–Crippen LogP) is 3.72. The Bertz CT molecular complexity index is 1300. The first-order valence-corrected chi connectivity index (χ1v) is 9.75. The number of hydrogen-bond acceptors (Lipinski definition) is 6. The summed E-state index contributed by atoms with van der Waals surface area (Å²) >= 11 is 0. The third-order valence-electron chi connectivity index (χ3n) is 4.28. The van der Waals surface area contributed by atoms with Gasteiger partial charge in [-0.05, 0) is 36.8 Å². The fourth-order valence-electron chi connectivity index (χ4n) is 2.69. The number of carbonyl (C=O) groups is 3. The van der Waals surface area contributed by atoms with E-state index in [0.717, 1.165) is 17.0 Å². The number of carboxylic acid groups (broad SMARTS) is 3. The zero-order chi connectivity index (χ0) is 25.1. The van der Waals surface area contributed by atoms with E-state index < -0.39 is 17.9 Å². The summed E-state index contributed by atoms with van der Waals surface area (Å²) < 4.78 is 0. The molecule has 10 heteroatoms. The van der Waals surface area contributed by atoms with E-state index in [4.69, 9.17) is 21.1 Å². The summed E-state index contributed by atoms with van der Waals surface area (Å²) in [6, 6.07) is 14.1. The van der Waals surface area contributed by atoms with Gasteiger partial charge in [0.1, 0.15) is 0 Å². The number of rotatable bonds is 4. The number of aromatic amines is 1. The molecule has 0 amide bonds. The third kappa shape index (κ3) is 7.61. The number of aryl methyl sites for hydroxylation is 1. The number of benzene rings is 2. The average Bonchev–Trinajstić information content (AvgIpc) is 3.32. The van der Waals surface area contributed by atoms with Crippen molar-refractivity contribution in [1.29, 1.82) is 0 Å². The molecule has 0 saturated heterocycles. The average molecular weight is 462 g/mol. The number of imidazole rings is 1. The number of carboxylic acids is 3. The maximum Gasteiger partial charge on any atom is 0.338 e. The number of H-pyrrole nitrogens is 1. The second kappa shape index (κ2) is 12.2. The predicted molar refractivity (Wildman–Crippen MR) is 127 cm³/mol. The van der Waals surface area contributed by atoms with Gasteiger partial charge in [-0.25, -0.2) is 19.4 Å².